The van der Waals surface area contributed by atoms with Gasteiger partial charge in [0.25, 0.3) is 5.79 Å². The Bertz CT molecular complexity index is 269. The third kappa shape index (κ3) is 0.956. The average Bonchev–Trinajstić information content (AvgIpc) is 2.38. The highest BCUT2D eigenvalue weighted by Gasteiger charge is 2.78. The van der Waals surface area contributed by atoms with Crippen molar-refractivity contribution in [3.8, 4) is 0 Å². The van der Waals surface area contributed by atoms with Crippen molar-refractivity contribution in [1.82, 2.24) is 0 Å². The van der Waals surface area contributed by atoms with E-state index in [0.29, 0.717) is 0 Å². The summed E-state index contributed by atoms with van der Waals surface area (Å²) in [6, 6.07) is 0. The minimum Gasteiger partial charge on any atom is -0.390 e. The first-order valence-corrected chi connectivity index (χ1v) is 3.94. The fourth-order valence-electron chi connectivity index (χ4n) is 0.590. The van der Waals surface area contributed by atoms with Crippen molar-refractivity contribution >= 4 is 10.1 Å². The topological polar surface area (TPSA) is 128 Å². The molecular formula is C3H6O7S. The molecule has 0 aromatic rings. The van der Waals surface area contributed by atoms with Crippen molar-refractivity contribution in [3.63, 3.8) is 0 Å². The van der Waals surface area contributed by atoms with Crippen molar-refractivity contribution in [2.45, 2.75) is 10.9 Å². The van der Waals surface area contributed by atoms with E-state index in [-0.39, 0.29) is 0 Å². The average molecular weight is 186 g/mol. The zero-order valence-electron chi connectivity index (χ0n) is 5.13. The van der Waals surface area contributed by atoms with E-state index < -0.39 is 27.6 Å². The molecule has 0 saturated carbocycles. The van der Waals surface area contributed by atoms with Gasteiger partial charge in [-0.05, 0) is 0 Å². The first kappa shape index (κ1) is 8.84. The Labute approximate surface area is 61.6 Å². The summed E-state index contributed by atoms with van der Waals surface area (Å²) in [6.07, 6.45) is 0. The van der Waals surface area contributed by atoms with E-state index >= 15 is 0 Å². The summed E-state index contributed by atoms with van der Waals surface area (Å²) in [6.45, 7) is -1.12. The number of aliphatic hydroxyl groups excluding tert-OH is 1. The van der Waals surface area contributed by atoms with Gasteiger partial charge in [0.1, 0.15) is 6.61 Å². The summed E-state index contributed by atoms with van der Waals surface area (Å²) in [7, 11) is -4.93. The fourth-order valence-corrected chi connectivity index (χ4v) is 1.30. The SMILES string of the molecule is O=S(=O)(O)C1(O)OC1(O)CO. The maximum Gasteiger partial charge on any atom is 0.358 e. The van der Waals surface area contributed by atoms with Crippen LogP contribution in [0.4, 0.5) is 0 Å². The Morgan fingerprint density at radius 2 is 1.82 bits per heavy atom. The minimum atomic E-state index is -4.93. The number of epoxide rings is 1. The lowest BCUT2D eigenvalue weighted by molar-refractivity contribution is -0.0164. The number of ether oxygens (including phenoxy) is 1. The van der Waals surface area contributed by atoms with Gasteiger partial charge in [-0.3, -0.25) is 9.29 Å². The molecule has 1 aliphatic heterocycles. The normalized spacial score (nSPS) is 44.0. The summed E-state index contributed by atoms with van der Waals surface area (Å²) in [5.41, 5.74) is 0. The third-order valence-corrected chi connectivity index (χ3v) is 2.42. The Hall–Kier alpha value is -0.250. The fraction of sp³-hybridized carbons (Fsp3) is 1.00. The predicted octanol–water partition coefficient (Wildman–Crippen LogP) is -2.77. The van der Waals surface area contributed by atoms with Gasteiger partial charge in [-0.1, -0.05) is 0 Å². The molecule has 0 aromatic heterocycles. The van der Waals surface area contributed by atoms with Crippen LogP contribution in [0.25, 0.3) is 0 Å². The molecule has 1 rings (SSSR count). The van der Waals surface area contributed by atoms with Gasteiger partial charge in [-0.2, -0.15) is 8.42 Å². The van der Waals surface area contributed by atoms with E-state index in [4.69, 9.17) is 19.9 Å². The summed E-state index contributed by atoms with van der Waals surface area (Å²) >= 11 is 0. The lowest BCUT2D eigenvalue weighted by Crippen LogP contribution is -2.35. The maximum absolute atomic E-state index is 10.2. The molecule has 1 fully saturated rings. The Morgan fingerprint density at radius 3 is 1.91 bits per heavy atom. The number of hydrogen-bond acceptors (Lipinski definition) is 6. The summed E-state index contributed by atoms with van der Waals surface area (Å²) in [5, 5.41) is 22.6. The lowest BCUT2D eigenvalue weighted by atomic mass is 10.4. The molecule has 0 spiro atoms. The zero-order chi connectivity index (χ0) is 8.91. The molecule has 8 heteroatoms. The Morgan fingerprint density at radius 1 is 1.36 bits per heavy atom. The molecule has 2 unspecified atom stereocenters. The minimum absolute atomic E-state index is 1.12. The van der Waals surface area contributed by atoms with Crippen molar-refractivity contribution in [2.75, 3.05) is 6.61 Å². The van der Waals surface area contributed by atoms with Crippen molar-refractivity contribution in [1.29, 1.82) is 0 Å². The van der Waals surface area contributed by atoms with Crippen molar-refractivity contribution in [2.24, 2.45) is 0 Å². The highest BCUT2D eigenvalue weighted by Crippen LogP contribution is 2.46. The van der Waals surface area contributed by atoms with Gasteiger partial charge >= 0.3 is 15.2 Å². The first-order chi connectivity index (χ1) is 4.77. The van der Waals surface area contributed by atoms with E-state index in [2.05, 4.69) is 4.74 Å². The number of hydrogen-bond donors (Lipinski definition) is 4. The van der Waals surface area contributed by atoms with E-state index in [1.165, 1.54) is 0 Å². The molecule has 0 radical (unpaired) electrons. The van der Waals surface area contributed by atoms with Crippen LogP contribution in [-0.4, -0.2) is 45.8 Å². The van der Waals surface area contributed by atoms with Crippen LogP contribution in [0, 0.1) is 0 Å². The largest absolute Gasteiger partial charge is 0.390 e. The van der Waals surface area contributed by atoms with Crippen LogP contribution >= 0.6 is 0 Å². The Kier molecular flexibility index (Phi) is 1.54. The summed E-state index contributed by atoms with van der Waals surface area (Å²) in [5.74, 6) is -2.60. The van der Waals surface area contributed by atoms with Crippen LogP contribution in [0.15, 0.2) is 0 Å². The second kappa shape index (κ2) is 1.91. The van der Waals surface area contributed by atoms with Gasteiger partial charge in [0.15, 0.2) is 0 Å². The molecule has 7 nitrogen and oxygen atoms in total. The second-order valence-corrected chi connectivity index (χ2v) is 3.60. The van der Waals surface area contributed by atoms with Crippen LogP contribution in [-0.2, 0) is 14.9 Å². The van der Waals surface area contributed by atoms with Gasteiger partial charge in [0, 0.05) is 0 Å². The monoisotopic (exact) mass is 186 g/mol. The molecule has 4 N–H and O–H groups in total. The van der Waals surface area contributed by atoms with E-state index in [1.54, 1.807) is 0 Å². The molecular weight excluding hydrogens is 180 g/mol. The molecule has 0 bridgehead atoms. The molecule has 0 aromatic carbocycles. The maximum atomic E-state index is 10.2. The molecule has 1 heterocycles. The highest BCUT2D eigenvalue weighted by molar-refractivity contribution is 7.87. The second-order valence-electron chi connectivity index (χ2n) is 2.10. The van der Waals surface area contributed by atoms with Gasteiger partial charge in [-0.15, -0.1) is 0 Å². The zero-order valence-corrected chi connectivity index (χ0v) is 5.95. The summed E-state index contributed by atoms with van der Waals surface area (Å²) < 4.78 is 32.4. The Balaban J connectivity index is 2.95. The quantitative estimate of drug-likeness (QED) is 0.271. The van der Waals surface area contributed by atoms with Crippen molar-refractivity contribution < 1.29 is 33.0 Å². The van der Waals surface area contributed by atoms with Crippen LogP contribution in [0.2, 0.25) is 0 Å². The van der Waals surface area contributed by atoms with Gasteiger partial charge in [0.05, 0.1) is 0 Å². The smallest absolute Gasteiger partial charge is 0.358 e. The molecule has 2 atom stereocenters. The van der Waals surface area contributed by atoms with Gasteiger partial charge in [-0.25, -0.2) is 0 Å². The molecule has 1 saturated heterocycles. The highest BCUT2D eigenvalue weighted by atomic mass is 32.2. The van der Waals surface area contributed by atoms with Crippen molar-refractivity contribution in [3.05, 3.63) is 0 Å². The predicted molar refractivity (Wildman–Crippen MR) is 29.6 cm³/mol. The molecule has 1 aliphatic rings. The van der Waals surface area contributed by atoms with Crippen LogP contribution in [0.3, 0.4) is 0 Å². The lowest BCUT2D eigenvalue weighted by Gasteiger charge is -2.02. The third-order valence-electron chi connectivity index (χ3n) is 1.32. The van der Waals surface area contributed by atoms with Gasteiger partial charge in [0.2, 0.25) is 0 Å². The van der Waals surface area contributed by atoms with Crippen LogP contribution in [0.5, 0.6) is 0 Å². The first-order valence-electron chi connectivity index (χ1n) is 2.50. The van der Waals surface area contributed by atoms with Crippen LogP contribution < -0.4 is 0 Å². The van der Waals surface area contributed by atoms with E-state index in [0.717, 1.165) is 0 Å². The van der Waals surface area contributed by atoms with E-state index in [1.807, 2.05) is 0 Å². The molecule has 0 aliphatic carbocycles. The van der Waals surface area contributed by atoms with Gasteiger partial charge < -0.3 is 15.3 Å². The molecule has 66 valence electrons. The summed E-state index contributed by atoms with van der Waals surface area (Å²) in [4.78, 5) is 0. The van der Waals surface area contributed by atoms with E-state index in [9.17, 15) is 8.42 Å². The number of aliphatic hydroxyl groups is 3. The molecule has 0 amide bonds. The molecule has 11 heavy (non-hydrogen) atoms. The standard InChI is InChI=1S/C3H6O7S/c4-1-2(5)3(6,10-2)11(7,8)9/h4-6H,1H2,(H,7,8,9). The number of rotatable bonds is 2. The van der Waals surface area contributed by atoms with Crippen LogP contribution in [0.1, 0.15) is 0 Å².